The number of hydrogen-bond donors (Lipinski definition) is 2. The van der Waals surface area contributed by atoms with Crippen LogP contribution in [0, 0.1) is 5.92 Å². The third-order valence-electron chi connectivity index (χ3n) is 2.72. The van der Waals surface area contributed by atoms with Gasteiger partial charge < -0.3 is 11.1 Å². The lowest BCUT2D eigenvalue weighted by Crippen LogP contribution is -2.29. The number of hydrogen-bond acceptors (Lipinski definition) is 3. The van der Waals surface area contributed by atoms with E-state index in [-0.39, 0.29) is 5.91 Å². The first kappa shape index (κ1) is 12.5. The number of pyridine rings is 1. The molecule has 1 aromatic rings. The minimum absolute atomic E-state index is 0.154. The van der Waals surface area contributed by atoms with E-state index in [9.17, 15) is 4.79 Å². The van der Waals surface area contributed by atoms with Crippen LogP contribution in [-0.4, -0.2) is 17.4 Å². The maximum Gasteiger partial charge on any atom is 0.269 e. The van der Waals surface area contributed by atoms with Crippen LogP contribution in [0.15, 0.2) is 18.3 Å². The van der Waals surface area contributed by atoms with Crippen molar-refractivity contribution in [3.05, 3.63) is 24.0 Å². The topological polar surface area (TPSA) is 68.0 Å². The van der Waals surface area contributed by atoms with Gasteiger partial charge in [-0.2, -0.15) is 0 Å². The molecule has 0 aliphatic rings. The second-order valence-electron chi connectivity index (χ2n) is 3.87. The third-order valence-corrected chi connectivity index (χ3v) is 2.72. The molecule has 1 heterocycles. The maximum absolute atomic E-state index is 11.7. The molecule has 88 valence electrons. The minimum Gasteiger partial charge on any atom is -0.399 e. The van der Waals surface area contributed by atoms with Gasteiger partial charge in [-0.25, -0.2) is 0 Å². The number of nitrogens with one attached hydrogen (secondary N) is 1. The van der Waals surface area contributed by atoms with E-state index >= 15 is 0 Å². The molecule has 0 saturated heterocycles. The SMILES string of the molecule is CCC(CC)CNC(=O)c1cc(N)ccn1. The Morgan fingerprint density at radius 1 is 1.50 bits per heavy atom. The van der Waals surface area contributed by atoms with Gasteiger partial charge in [0.05, 0.1) is 0 Å². The molecule has 4 nitrogen and oxygen atoms in total. The fraction of sp³-hybridized carbons (Fsp3) is 0.500. The fourth-order valence-electron chi connectivity index (χ4n) is 1.48. The zero-order chi connectivity index (χ0) is 12.0. The molecule has 0 spiro atoms. The van der Waals surface area contributed by atoms with Crippen molar-refractivity contribution in [1.82, 2.24) is 10.3 Å². The summed E-state index contributed by atoms with van der Waals surface area (Å²) in [7, 11) is 0. The van der Waals surface area contributed by atoms with Crippen LogP contribution in [0.2, 0.25) is 0 Å². The highest BCUT2D eigenvalue weighted by Crippen LogP contribution is 2.06. The summed E-state index contributed by atoms with van der Waals surface area (Å²) in [5, 5.41) is 2.87. The number of amides is 1. The monoisotopic (exact) mass is 221 g/mol. The van der Waals surface area contributed by atoms with E-state index in [2.05, 4.69) is 24.1 Å². The van der Waals surface area contributed by atoms with Crippen molar-refractivity contribution in [3.63, 3.8) is 0 Å². The van der Waals surface area contributed by atoms with E-state index in [0.717, 1.165) is 12.8 Å². The number of nitrogen functional groups attached to an aromatic ring is 1. The molecule has 0 aromatic carbocycles. The Hall–Kier alpha value is -1.58. The zero-order valence-corrected chi connectivity index (χ0v) is 9.86. The fourth-order valence-corrected chi connectivity index (χ4v) is 1.48. The van der Waals surface area contributed by atoms with E-state index in [1.54, 1.807) is 18.3 Å². The molecule has 0 fully saturated rings. The molecular weight excluding hydrogens is 202 g/mol. The molecule has 0 radical (unpaired) electrons. The van der Waals surface area contributed by atoms with Crippen LogP contribution in [0.25, 0.3) is 0 Å². The smallest absolute Gasteiger partial charge is 0.269 e. The molecular formula is C12H19N3O. The Kier molecular flexibility index (Phi) is 4.76. The van der Waals surface area contributed by atoms with Crippen LogP contribution in [0.1, 0.15) is 37.2 Å². The van der Waals surface area contributed by atoms with Crippen molar-refractivity contribution in [2.75, 3.05) is 12.3 Å². The Balaban J connectivity index is 2.52. The number of carbonyl (C=O) groups is 1. The van der Waals surface area contributed by atoms with E-state index in [0.29, 0.717) is 23.8 Å². The van der Waals surface area contributed by atoms with Crippen LogP contribution in [0.5, 0.6) is 0 Å². The molecule has 3 N–H and O–H groups in total. The Bertz CT molecular complexity index is 348. The molecule has 16 heavy (non-hydrogen) atoms. The first-order valence-electron chi connectivity index (χ1n) is 5.67. The van der Waals surface area contributed by atoms with E-state index < -0.39 is 0 Å². The number of nitrogens with zero attached hydrogens (tertiary/aromatic N) is 1. The average Bonchev–Trinajstić information content (AvgIpc) is 2.30. The van der Waals surface area contributed by atoms with Crippen LogP contribution < -0.4 is 11.1 Å². The standard InChI is InChI=1S/C12H19N3O/c1-3-9(4-2)8-15-12(16)11-7-10(13)5-6-14-11/h5-7,9H,3-4,8H2,1-2H3,(H2,13,14)(H,15,16). The predicted molar refractivity (Wildman–Crippen MR) is 65.1 cm³/mol. The van der Waals surface area contributed by atoms with Crippen molar-refractivity contribution >= 4 is 11.6 Å². The van der Waals surface area contributed by atoms with Gasteiger partial charge in [0.1, 0.15) is 5.69 Å². The van der Waals surface area contributed by atoms with E-state index in [1.165, 1.54) is 0 Å². The van der Waals surface area contributed by atoms with Crippen LogP contribution in [0.4, 0.5) is 5.69 Å². The Labute approximate surface area is 96.3 Å². The summed E-state index contributed by atoms with van der Waals surface area (Å²) in [6, 6.07) is 3.25. The van der Waals surface area contributed by atoms with Gasteiger partial charge in [-0.05, 0) is 18.1 Å². The molecule has 0 aliphatic heterocycles. The third kappa shape index (κ3) is 3.53. The van der Waals surface area contributed by atoms with Gasteiger partial charge in [-0.3, -0.25) is 9.78 Å². The summed E-state index contributed by atoms with van der Waals surface area (Å²) >= 11 is 0. The molecule has 0 bridgehead atoms. The van der Waals surface area contributed by atoms with Crippen molar-refractivity contribution in [2.45, 2.75) is 26.7 Å². The van der Waals surface area contributed by atoms with Crippen molar-refractivity contribution in [2.24, 2.45) is 5.92 Å². The number of rotatable bonds is 5. The van der Waals surface area contributed by atoms with Gasteiger partial charge in [0.2, 0.25) is 0 Å². The van der Waals surface area contributed by atoms with Gasteiger partial charge in [0, 0.05) is 18.4 Å². The lowest BCUT2D eigenvalue weighted by atomic mass is 10.0. The van der Waals surface area contributed by atoms with Crippen molar-refractivity contribution in [3.8, 4) is 0 Å². The summed E-state index contributed by atoms with van der Waals surface area (Å²) in [5.41, 5.74) is 6.52. The van der Waals surface area contributed by atoms with Gasteiger partial charge in [0.15, 0.2) is 0 Å². The molecule has 4 heteroatoms. The molecule has 0 unspecified atom stereocenters. The highest BCUT2D eigenvalue weighted by molar-refractivity contribution is 5.92. The van der Waals surface area contributed by atoms with Crippen LogP contribution in [0.3, 0.4) is 0 Å². The second kappa shape index (κ2) is 6.10. The largest absolute Gasteiger partial charge is 0.399 e. The number of anilines is 1. The van der Waals surface area contributed by atoms with Crippen LogP contribution in [-0.2, 0) is 0 Å². The van der Waals surface area contributed by atoms with Crippen molar-refractivity contribution in [1.29, 1.82) is 0 Å². The lowest BCUT2D eigenvalue weighted by Gasteiger charge is -2.12. The normalized spacial score (nSPS) is 10.4. The molecule has 1 aromatic heterocycles. The summed E-state index contributed by atoms with van der Waals surface area (Å²) in [4.78, 5) is 15.7. The molecule has 1 rings (SSSR count). The molecule has 1 amide bonds. The summed E-state index contributed by atoms with van der Waals surface area (Å²) in [6.45, 7) is 4.94. The van der Waals surface area contributed by atoms with Crippen molar-refractivity contribution < 1.29 is 4.79 Å². The average molecular weight is 221 g/mol. The highest BCUT2D eigenvalue weighted by atomic mass is 16.1. The Morgan fingerprint density at radius 2 is 2.19 bits per heavy atom. The zero-order valence-electron chi connectivity index (χ0n) is 9.86. The quantitative estimate of drug-likeness (QED) is 0.797. The summed E-state index contributed by atoms with van der Waals surface area (Å²) < 4.78 is 0. The second-order valence-corrected chi connectivity index (χ2v) is 3.87. The van der Waals surface area contributed by atoms with Gasteiger partial charge in [-0.1, -0.05) is 26.7 Å². The van der Waals surface area contributed by atoms with Gasteiger partial charge in [0.25, 0.3) is 5.91 Å². The Morgan fingerprint density at radius 3 is 2.75 bits per heavy atom. The highest BCUT2D eigenvalue weighted by Gasteiger charge is 2.09. The number of nitrogens with two attached hydrogens (primary N) is 1. The number of carbonyl (C=O) groups excluding carboxylic acids is 1. The number of aromatic nitrogens is 1. The molecule has 0 saturated carbocycles. The predicted octanol–water partition coefficient (Wildman–Crippen LogP) is 1.83. The van der Waals surface area contributed by atoms with E-state index in [4.69, 9.17) is 5.73 Å². The summed E-state index contributed by atoms with van der Waals surface area (Å²) in [6.07, 6.45) is 3.68. The van der Waals surface area contributed by atoms with E-state index in [1.807, 2.05) is 0 Å². The molecule has 0 atom stereocenters. The summed E-state index contributed by atoms with van der Waals surface area (Å²) in [5.74, 6) is 0.379. The lowest BCUT2D eigenvalue weighted by molar-refractivity contribution is 0.0941. The maximum atomic E-state index is 11.7. The van der Waals surface area contributed by atoms with Gasteiger partial charge >= 0.3 is 0 Å². The van der Waals surface area contributed by atoms with Gasteiger partial charge in [-0.15, -0.1) is 0 Å². The van der Waals surface area contributed by atoms with Crippen LogP contribution >= 0.6 is 0 Å². The molecule has 0 aliphatic carbocycles. The first-order chi connectivity index (χ1) is 7.67. The minimum atomic E-state index is -0.154. The first-order valence-corrected chi connectivity index (χ1v) is 5.67.